The van der Waals surface area contributed by atoms with E-state index in [1.54, 1.807) is 4.90 Å². The highest BCUT2D eigenvalue weighted by molar-refractivity contribution is 6.43. The van der Waals surface area contributed by atoms with E-state index in [1.165, 1.54) is 12.1 Å². The minimum Gasteiger partial charge on any atom is -0.482 e. The van der Waals surface area contributed by atoms with Crippen LogP contribution in [0.4, 0.5) is 0 Å². The lowest BCUT2D eigenvalue weighted by Gasteiger charge is -2.19. The van der Waals surface area contributed by atoms with E-state index in [0.29, 0.717) is 33.9 Å². The van der Waals surface area contributed by atoms with Crippen molar-refractivity contribution in [2.75, 3.05) is 19.7 Å². The van der Waals surface area contributed by atoms with Crippen LogP contribution in [0.2, 0.25) is 15.1 Å². The molecule has 0 aliphatic heterocycles. The molecule has 100 valence electrons. The van der Waals surface area contributed by atoms with Crippen LogP contribution in [0.15, 0.2) is 12.1 Å². The van der Waals surface area contributed by atoms with E-state index in [0.717, 1.165) is 0 Å². The molecule has 0 radical (unpaired) electrons. The Balaban J connectivity index is 2.69. The third kappa shape index (κ3) is 3.94. The molecule has 0 aromatic heterocycles. The molecule has 0 atom stereocenters. The third-order valence-corrected chi connectivity index (χ3v) is 3.46. The van der Waals surface area contributed by atoms with Gasteiger partial charge in [-0.05, 0) is 19.9 Å². The molecule has 0 fully saturated rings. The Morgan fingerprint density at radius 2 is 1.67 bits per heavy atom. The van der Waals surface area contributed by atoms with Gasteiger partial charge in [0, 0.05) is 19.2 Å². The van der Waals surface area contributed by atoms with Crippen LogP contribution in [0.5, 0.6) is 5.75 Å². The lowest BCUT2D eigenvalue weighted by atomic mass is 10.3. The zero-order chi connectivity index (χ0) is 13.7. The lowest BCUT2D eigenvalue weighted by Crippen LogP contribution is -2.34. The first-order valence-corrected chi connectivity index (χ1v) is 6.68. The fourth-order valence-corrected chi connectivity index (χ4v) is 2.01. The highest BCUT2D eigenvalue weighted by atomic mass is 35.5. The zero-order valence-electron chi connectivity index (χ0n) is 10.2. The van der Waals surface area contributed by atoms with E-state index >= 15 is 0 Å². The standard InChI is InChI=1S/C12H14Cl3NO2/c1-3-16(4-2)12(17)7-18-11-6-9(14)8(13)5-10(11)15/h5-6H,3-4,7H2,1-2H3. The van der Waals surface area contributed by atoms with Gasteiger partial charge in [0.1, 0.15) is 5.75 Å². The summed E-state index contributed by atoms with van der Waals surface area (Å²) >= 11 is 17.6. The maximum absolute atomic E-state index is 11.7. The van der Waals surface area contributed by atoms with Gasteiger partial charge in [0.15, 0.2) is 6.61 Å². The van der Waals surface area contributed by atoms with Crippen LogP contribution < -0.4 is 4.74 Å². The second kappa shape index (κ2) is 7.07. The normalized spacial score (nSPS) is 10.3. The number of carbonyl (C=O) groups is 1. The van der Waals surface area contributed by atoms with Crippen LogP contribution >= 0.6 is 34.8 Å². The molecule has 18 heavy (non-hydrogen) atoms. The molecule has 1 amide bonds. The van der Waals surface area contributed by atoms with Crippen LogP contribution in [0, 0.1) is 0 Å². The number of ether oxygens (including phenoxy) is 1. The average molecular weight is 311 g/mol. The molecule has 1 rings (SSSR count). The van der Waals surface area contributed by atoms with E-state index in [9.17, 15) is 4.79 Å². The first-order chi connectivity index (χ1) is 8.49. The molecule has 1 aromatic carbocycles. The van der Waals surface area contributed by atoms with Gasteiger partial charge in [0.05, 0.1) is 15.1 Å². The van der Waals surface area contributed by atoms with Crippen molar-refractivity contribution < 1.29 is 9.53 Å². The van der Waals surface area contributed by atoms with Crippen LogP contribution in [-0.2, 0) is 4.79 Å². The Morgan fingerprint density at radius 1 is 1.11 bits per heavy atom. The molecule has 0 spiro atoms. The Morgan fingerprint density at radius 3 is 2.22 bits per heavy atom. The van der Waals surface area contributed by atoms with Gasteiger partial charge in [-0.1, -0.05) is 34.8 Å². The molecule has 0 aliphatic carbocycles. The van der Waals surface area contributed by atoms with E-state index in [4.69, 9.17) is 39.5 Å². The number of halogens is 3. The zero-order valence-corrected chi connectivity index (χ0v) is 12.4. The molecule has 0 unspecified atom stereocenters. The summed E-state index contributed by atoms with van der Waals surface area (Å²) < 4.78 is 5.35. The molecule has 3 nitrogen and oxygen atoms in total. The molecular formula is C12H14Cl3NO2. The van der Waals surface area contributed by atoms with Gasteiger partial charge >= 0.3 is 0 Å². The summed E-state index contributed by atoms with van der Waals surface area (Å²) in [6.07, 6.45) is 0. The van der Waals surface area contributed by atoms with Gasteiger partial charge in [0.2, 0.25) is 0 Å². The first-order valence-electron chi connectivity index (χ1n) is 5.54. The molecule has 0 N–H and O–H groups in total. The molecule has 0 saturated heterocycles. The van der Waals surface area contributed by atoms with Crippen molar-refractivity contribution in [1.29, 1.82) is 0 Å². The number of hydrogen-bond donors (Lipinski definition) is 0. The van der Waals surface area contributed by atoms with E-state index < -0.39 is 0 Å². The maximum atomic E-state index is 11.7. The minimum atomic E-state index is -0.0952. The van der Waals surface area contributed by atoms with E-state index in [1.807, 2.05) is 13.8 Å². The number of amides is 1. The lowest BCUT2D eigenvalue weighted by molar-refractivity contribution is -0.132. The molecule has 0 aliphatic rings. The van der Waals surface area contributed by atoms with Gasteiger partial charge in [-0.15, -0.1) is 0 Å². The number of carbonyl (C=O) groups excluding carboxylic acids is 1. The smallest absolute Gasteiger partial charge is 0.260 e. The monoisotopic (exact) mass is 309 g/mol. The third-order valence-electron chi connectivity index (χ3n) is 2.44. The maximum Gasteiger partial charge on any atom is 0.260 e. The van der Waals surface area contributed by atoms with Crippen LogP contribution in [0.25, 0.3) is 0 Å². The van der Waals surface area contributed by atoms with Crippen LogP contribution in [-0.4, -0.2) is 30.5 Å². The minimum absolute atomic E-state index is 0.0701. The number of likely N-dealkylation sites (N-methyl/N-ethyl adjacent to an activating group) is 1. The summed E-state index contributed by atoms with van der Waals surface area (Å²) in [6, 6.07) is 2.99. The second-order valence-corrected chi connectivity index (χ2v) is 4.77. The summed E-state index contributed by atoms with van der Waals surface area (Å²) in [7, 11) is 0. The molecule has 0 saturated carbocycles. The van der Waals surface area contributed by atoms with Crippen molar-refractivity contribution in [1.82, 2.24) is 4.90 Å². The molecular weight excluding hydrogens is 296 g/mol. The summed E-state index contributed by atoms with van der Waals surface area (Å²) in [4.78, 5) is 13.4. The Labute approximate surface area is 122 Å². The summed E-state index contributed by atoms with van der Waals surface area (Å²) in [5.74, 6) is 0.258. The topological polar surface area (TPSA) is 29.5 Å². The van der Waals surface area contributed by atoms with Gasteiger partial charge in [-0.25, -0.2) is 0 Å². The summed E-state index contributed by atoms with van der Waals surface area (Å²) in [5, 5.41) is 1.02. The number of rotatable bonds is 5. The van der Waals surface area contributed by atoms with Crippen molar-refractivity contribution in [3.8, 4) is 5.75 Å². The SMILES string of the molecule is CCN(CC)C(=O)COc1cc(Cl)c(Cl)cc1Cl. The van der Waals surface area contributed by atoms with E-state index in [2.05, 4.69) is 0 Å². The summed E-state index contributed by atoms with van der Waals surface area (Å²) in [5.41, 5.74) is 0. The van der Waals surface area contributed by atoms with Crippen molar-refractivity contribution in [2.24, 2.45) is 0 Å². The van der Waals surface area contributed by atoms with Gasteiger partial charge in [-0.3, -0.25) is 4.79 Å². The van der Waals surface area contributed by atoms with Crippen molar-refractivity contribution >= 4 is 40.7 Å². The molecule has 6 heteroatoms. The second-order valence-electron chi connectivity index (χ2n) is 3.55. The predicted octanol–water partition coefficient (Wildman–Crippen LogP) is 3.89. The molecule has 1 aromatic rings. The highest BCUT2D eigenvalue weighted by Crippen LogP contribution is 2.33. The van der Waals surface area contributed by atoms with Gasteiger partial charge in [-0.2, -0.15) is 0 Å². The number of benzene rings is 1. The van der Waals surface area contributed by atoms with Crippen LogP contribution in [0.1, 0.15) is 13.8 Å². The Kier molecular flexibility index (Phi) is 6.06. The van der Waals surface area contributed by atoms with Crippen molar-refractivity contribution in [2.45, 2.75) is 13.8 Å². The van der Waals surface area contributed by atoms with E-state index in [-0.39, 0.29) is 12.5 Å². The largest absolute Gasteiger partial charge is 0.482 e. The predicted molar refractivity (Wildman–Crippen MR) is 74.9 cm³/mol. The number of hydrogen-bond acceptors (Lipinski definition) is 2. The fourth-order valence-electron chi connectivity index (χ4n) is 1.42. The average Bonchev–Trinajstić information content (AvgIpc) is 2.33. The highest BCUT2D eigenvalue weighted by Gasteiger charge is 2.12. The fraction of sp³-hybridized carbons (Fsp3) is 0.417. The quantitative estimate of drug-likeness (QED) is 0.772. The summed E-state index contributed by atoms with van der Waals surface area (Å²) in [6.45, 7) is 5.04. The van der Waals surface area contributed by atoms with Crippen molar-refractivity contribution in [3.63, 3.8) is 0 Å². The van der Waals surface area contributed by atoms with Crippen molar-refractivity contribution in [3.05, 3.63) is 27.2 Å². The van der Waals surface area contributed by atoms with Gasteiger partial charge in [0.25, 0.3) is 5.91 Å². The first kappa shape index (κ1) is 15.4. The van der Waals surface area contributed by atoms with Crippen LogP contribution in [0.3, 0.4) is 0 Å². The Bertz CT molecular complexity index is 434. The Hall–Kier alpha value is -0.640. The molecule has 0 heterocycles. The van der Waals surface area contributed by atoms with Gasteiger partial charge < -0.3 is 9.64 Å². The number of nitrogens with zero attached hydrogens (tertiary/aromatic N) is 1. The molecule has 0 bridgehead atoms.